The third-order valence-electron chi connectivity index (χ3n) is 2.04. The molecule has 0 amide bonds. The zero-order valence-electron chi connectivity index (χ0n) is 8.25. The van der Waals surface area contributed by atoms with Gasteiger partial charge in [0.2, 0.25) is 10.0 Å². The van der Waals surface area contributed by atoms with E-state index < -0.39 is 10.0 Å². The van der Waals surface area contributed by atoms with Gasteiger partial charge in [-0.25, -0.2) is 13.6 Å². The van der Waals surface area contributed by atoms with Crippen molar-refractivity contribution < 1.29 is 8.42 Å². The zero-order valence-corrected chi connectivity index (χ0v) is 9.88. The van der Waals surface area contributed by atoms with Crippen LogP contribution in [0.2, 0.25) is 0 Å². The van der Waals surface area contributed by atoms with Crippen molar-refractivity contribution in [1.29, 1.82) is 0 Å². The molecular formula is C10H10N2O2S2. The molecule has 0 atom stereocenters. The van der Waals surface area contributed by atoms with Gasteiger partial charge in [-0.2, -0.15) is 0 Å². The fourth-order valence-corrected chi connectivity index (χ4v) is 3.29. The van der Waals surface area contributed by atoms with Crippen molar-refractivity contribution in [3.05, 3.63) is 36.4 Å². The number of nitrogen functional groups attached to an aromatic ring is 1. The molecule has 0 radical (unpaired) electrons. The van der Waals surface area contributed by atoms with Crippen LogP contribution in [0.15, 0.2) is 40.6 Å². The maximum absolute atomic E-state index is 11.2. The lowest BCUT2D eigenvalue weighted by Gasteiger charge is -1.94. The van der Waals surface area contributed by atoms with Crippen molar-refractivity contribution in [3.8, 4) is 10.4 Å². The van der Waals surface area contributed by atoms with E-state index in [2.05, 4.69) is 0 Å². The summed E-state index contributed by atoms with van der Waals surface area (Å²) in [6, 6.07) is 11.0. The zero-order chi connectivity index (χ0) is 11.8. The number of hydrogen-bond donors (Lipinski definition) is 2. The molecule has 0 unspecified atom stereocenters. The topological polar surface area (TPSA) is 86.2 Å². The summed E-state index contributed by atoms with van der Waals surface area (Å²) in [7, 11) is -3.73. The molecule has 4 nitrogen and oxygen atoms in total. The number of sulfonamides is 1. The summed E-state index contributed by atoms with van der Waals surface area (Å²) < 4.78 is 22.4. The number of benzene rings is 1. The van der Waals surface area contributed by atoms with Crippen molar-refractivity contribution in [2.45, 2.75) is 4.21 Å². The van der Waals surface area contributed by atoms with Gasteiger partial charge in [-0.05, 0) is 11.6 Å². The predicted molar refractivity (Wildman–Crippen MR) is 65.5 cm³/mol. The molecular weight excluding hydrogens is 244 g/mol. The molecule has 1 heterocycles. The van der Waals surface area contributed by atoms with Crippen molar-refractivity contribution >= 4 is 27.0 Å². The second-order valence-electron chi connectivity index (χ2n) is 3.26. The van der Waals surface area contributed by atoms with Gasteiger partial charge in [0.25, 0.3) is 0 Å². The molecule has 0 aliphatic rings. The SMILES string of the molecule is Nc1cc(-c2ccccc2)sc1S(N)(=O)=O. The molecule has 0 spiro atoms. The van der Waals surface area contributed by atoms with Gasteiger partial charge in [-0.15, -0.1) is 11.3 Å². The summed E-state index contributed by atoms with van der Waals surface area (Å²) in [6.07, 6.45) is 0. The normalized spacial score (nSPS) is 11.6. The van der Waals surface area contributed by atoms with Crippen LogP contribution in [-0.4, -0.2) is 8.42 Å². The van der Waals surface area contributed by atoms with Gasteiger partial charge in [-0.1, -0.05) is 30.3 Å². The third-order valence-corrected chi connectivity index (χ3v) is 4.74. The van der Waals surface area contributed by atoms with Crippen molar-refractivity contribution in [1.82, 2.24) is 0 Å². The molecule has 0 saturated heterocycles. The van der Waals surface area contributed by atoms with Gasteiger partial charge in [0.1, 0.15) is 0 Å². The fourth-order valence-electron chi connectivity index (χ4n) is 1.36. The van der Waals surface area contributed by atoms with Crippen LogP contribution in [-0.2, 0) is 10.0 Å². The minimum atomic E-state index is -3.73. The highest BCUT2D eigenvalue weighted by atomic mass is 32.2. The Labute approximate surface area is 97.6 Å². The molecule has 2 rings (SSSR count). The van der Waals surface area contributed by atoms with E-state index in [4.69, 9.17) is 10.9 Å². The lowest BCUT2D eigenvalue weighted by atomic mass is 10.2. The monoisotopic (exact) mass is 254 g/mol. The molecule has 16 heavy (non-hydrogen) atoms. The highest BCUT2D eigenvalue weighted by molar-refractivity contribution is 7.91. The van der Waals surface area contributed by atoms with Crippen LogP contribution in [0.4, 0.5) is 5.69 Å². The average molecular weight is 254 g/mol. The summed E-state index contributed by atoms with van der Waals surface area (Å²) in [6.45, 7) is 0. The Balaban J connectivity index is 2.55. The third kappa shape index (κ3) is 2.08. The number of nitrogens with two attached hydrogens (primary N) is 2. The summed E-state index contributed by atoms with van der Waals surface area (Å²) in [5.74, 6) is 0. The Morgan fingerprint density at radius 1 is 1.12 bits per heavy atom. The molecule has 1 aromatic carbocycles. The first-order valence-electron chi connectivity index (χ1n) is 4.46. The first-order valence-corrected chi connectivity index (χ1v) is 6.82. The Bertz CT molecular complexity index is 603. The molecule has 0 saturated carbocycles. The summed E-state index contributed by atoms with van der Waals surface area (Å²) >= 11 is 1.08. The quantitative estimate of drug-likeness (QED) is 0.854. The molecule has 1 aromatic heterocycles. The Hall–Kier alpha value is -1.37. The van der Waals surface area contributed by atoms with Crippen LogP contribution in [0.5, 0.6) is 0 Å². The van der Waals surface area contributed by atoms with Gasteiger partial charge in [0.05, 0.1) is 5.69 Å². The van der Waals surface area contributed by atoms with Gasteiger partial charge in [-0.3, -0.25) is 0 Å². The lowest BCUT2D eigenvalue weighted by molar-refractivity contribution is 0.600. The van der Waals surface area contributed by atoms with E-state index in [9.17, 15) is 8.42 Å². The summed E-state index contributed by atoms with van der Waals surface area (Å²) in [5, 5.41) is 5.05. The predicted octanol–water partition coefficient (Wildman–Crippen LogP) is 1.64. The lowest BCUT2D eigenvalue weighted by Crippen LogP contribution is -2.11. The van der Waals surface area contributed by atoms with Gasteiger partial charge >= 0.3 is 0 Å². The number of hydrogen-bond acceptors (Lipinski definition) is 4. The fraction of sp³-hybridized carbons (Fsp3) is 0. The Morgan fingerprint density at radius 3 is 2.25 bits per heavy atom. The molecule has 6 heteroatoms. The molecule has 2 aromatic rings. The van der Waals surface area contributed by atoms with E-state index >= 15 is 0 Å². The van der Waals surface area contributed by atoms with E-state index in [-0.39, 0.29) is 9.90 Å². The number of primary sulfonamides is 1. The number of thiophene rings is 1. The minimum absolute atomic E-state index is 0.0198. The highest BCUT2D eigenvalue weighted by Gasteiger charge is 2.17. The Kier molecular flexibility index (Phi) is 2.71. The minimum Gasteiger partial charge on any atom is -0.397 e. The molecule has 0 bridgehead atoms. The Morgan fingerprint density at radius 2 is 1.75 bits per heavy atom. The van der Waals surface area contributed by atoms with Crippen LogP contribution in [0, 0.1) is 0 Å². The van der Waals surface area contributed by atoms with E-state index in [1.807, 2.05) is 30.3 Å². The number of anilines is 1. The molecule has 0 fully saturated rings. The van der Waals surface area contributed by atoms with E-state index in [0.29, 0.717) is 0 Å². The maximum atomic E-state index is 11.2. The number of rotatable bonds is 2. The maximum Gasteiger partial charge on any atom is 0.249 e. The molecule has 4 N–H and O–H groups in total. The van der Waals surface area contributed by atoms with E-state index in [1.165, 1.54) is 0 Å². The van der Waals surface area contributed by atoms with Gasteiger partial charge < -0.3 is 5.73 Å². The van der Waals surface area contributed by atoms with E-state index in [1.54, 1.807) is 6.07 Å². The molecule has 0 aliphatic heterocycles. The van der Waals surface area contributed by atoms with Crippen molar-refractivity contribution in [2.24, 2.45) is 5.14 Å². The van der Waals surface area contributed by atoms with Crippen molar-refractivity contribution in [2.75, 3.05) is 5.73 Å². The molecule has 0 aliphatic carbocycles. The van der Waals surface area contributed by atoms with E-state index in [0.717, 1.165) is 21.8 Å². The standard InChI is InChI=1S/C10H10N2O2S2/c11-8-6-9(7-4-2-1-3-5-7)15-10(8)16(12,13)14/h1-6H,11H2,(H2,12,13,14). The van der Waals surface area contributed by atoms with Gasteiger partial charge in [0.15, 0.2) is 4.21 Å². The van der Waals surface area contributed by atoms with Crippen molar-refractivity contribution in [3.63, 3.8) is 0 Å². The largest absolute Gasteiger partial charge is 0.397 e. The van der Waals surface area contributed by atoms with Crippen LogP contribution >= 0.6 is 11.3 Å². The second kappa shape index (κ2) is 3.89. The van der Waals surface area contributed by atoms with Crippen LogP contribution in [0.25, 0.3) is 10.4 Å². The average Bonchev–Trinajstić information content (AvgIpc) is 2.61. The summed E-state index contributed by atoms with van der Waals surface area (Å²) in [5.41, 5.74) is 6.74. The summed E-state index contributed by atoms with van der Waals surface area (Å²) in [4.78, 5) is 0.794. The smallest absolute Gasteiger partial charge is 0.249 e. The van der Waals surface area contributed by atoms with Crippen LogP contribution < -0.4 is 10.9 Å². The van der Waals surface area contributed by atoms with Crippen LogP contribution in [0.1, 0.15) is 0 Å². The first kappa shape index (κ1) is 11.1. The second-order valence-corrected chi connectivity index (χ2v) is 6.07. The highest BCUT2D eigenvalue weighted by Crippen LogP contribution is 2.35. The molecule has 84 valence electrons. The first-order chi connectivity index (χ1) is 7.48. The van der Waals surface area contributed by atoms with Gasteiger partial charge in [0, 0.05) is 4.88 Å². The van der Waals surface area contributed by atoms with Crippen LogP contribution in [0.3, 0.4) is 0 Å².